The molecule has 21 heavy (non-hydrogen) atoms. The summed E-state index contributed by atoms with van der Waals surface area (Å²) in [5, 5.41) is 12.2. The van der Waals surface area contributed by atoms with Gasteiger partial charge in [0.05, 0.1) is 6.54 Å². The number of fused-ring (bicyclic) bond motifs is 1. The second kappa shape index (κ2) is 6.09. The van der Waals surface area contributed by atoms with Crippen LogP contribution in [-0.4, -0.2) is 23.3 Å². The van der Waals surface area contributed by atoms with Crippen molar-refractivity contribution in [3.63, 3.8) is 0 Å². The third kappa shape index (κ3) is 4.42. The number of carbonyl (C=O) groups excluding carboxylic acids is 1. The number of phenolic OH excluding ortho intramolecular Hbond substituents is 1. The van der Waals surface area contributed by atoms with Crippen LogP contribution in [0.2, 0.25) is 0 Å². The number of ether oxygens (including phenoxy) is 1. The molecular formula is C17H21NO3. The molecule has 0 aliphatic heterocycles. The Labute approximate surface area is 125 Å². The maximum Gasteiger partial charge on any atom is 0.408 e. The van der Waals surface area contributed by atoms with Gasteiger partial charge < -0.3 is 15.2 Å². The molecule has 0 radical (unpaired) electrons. The first-order valence-corrected chi connectivity index (χ1v) is 7.12. The molecule has 0 saturated heterocycles. The first kappa shape index (κ1) is 15.2. The largest absolute Gasteiger partial charge is 0.508 e. The molecule has 0 bridgehead atoms. The number of nitrogens with one attached hydrogen (secondary N) is 1. The highest BCUT2D eigenvalue weighted by Crippen LogP contribution is 2.34. The molecule has 0 aromatic heterocycles. The van der Waals surface area contributed by atoms with Crippen molar-refractivity contribution in [2.75, 3.05) is 6.54 Å². The zero-order valence-electron chi connectivity index (χ0n) is 12.7. The van der Waals surface area contributed by atoms with Crippen LogP contribution in [0.15, 0.2) is 18.2 Å². The van der Waals surface area contributed by atoms with E-state index in [-0.39, 0.29) is 18.2 Å². The van der Waals surface area contributed by atoms with Crippen LogP contribution >= 0.6 is 0 Å². The minimum atomic E-state index is -0.501. The van der Waals surface area contributed by atoms with Gasteiger partial charge in [0, 0.05) is 5.92 Å². The average molecular weight is 287 g/mol. The molecule has 1 amide bonds. The van der Waals surface area contributed by atoms with Gasteiger partial charge >= 0.3 is 6.09 Å². The Morgan fingerprint density at radius 2 is 2.24 bits per heavy atom. The van der Waals surface area contributed by atoms with E-state index in [1.54, 1.807) is 12.1 Å². The minimum absolute atomic E-state index is 0.132. The number of aromatic hydroxyl groups is 1. The van der Waals surface area contributed by atoms with E-state index in [1.165, 1.54) is 5.56 Å². The molecule has 0 fully saturated rings. The normalized spacial score (nSPS) is 16.6. The van der Waals surface area contributed by atoms with Gasteiger partial charge in [-0.1, -0.05) is 17.9 Å². The van der Waals surface area contributed by atoms with Crippen LogP contribution in [0.1, 0.15) is 44.2 Å². The van der Waals surface area contributed by atoms with Crippen molar-refractivity contribution >= 4 is 6.09 Å². The quantitative estimate of drug-likeness (QED) is 0.781. The third-order valence-corrected chi connectivity index (χ3v) is 3.20. The van der Waals surface area contributed by atoms with Crippen molar-refractivity contribution in [1.82, 2.24) is 5.32 Å². The van der Waals surface area contributed by atoms with Crippen LogP contribution in [0, 0.1) is 11.8 Å². The highest BCUT2D eigenvalue weighted by molar-refractivity contribution is 5.68. The summed E-state index contributed by atoms with van der Waals surface area (Å²) in [6, 6.07) is 5.44. The fraction of sp³-hybridized carbons (Fsp3) is 0.471. The van der Waals surface area contributed by atoms with E-state index in [1.807, 2.05) is 26.8 Å². The minimum Gasteiger partial charge on any atom is -0.508 e. The summed E-state index contributed by atoms with van der Waals surface area (Å²) in [6.07, 6.45) is 1.48. The number of amides is 1. The molecule has 1 aromatic carbocycles. The summed E-state index contributed by atoms with van der Waals surface area (Å²) >= 11 is 0. The number of carbonyl (C=O) groups is 1. The molecule has 2 N–H and O–H groups in total. The van der Waals surface area contributed by atoms with Crippen LogP contribution in [-0.2, 0) is 11.2 Å². The molecular weight excluding hydrogens is 266 g/mol. The maximum atomic E-state index is 11.5. The van der Waals surface area contributed by atoms with Gasteiger partial charge in [0.15, 0.2) is 0 Å². The molecule has 2 rings (SSSR count). The van der Waals surface area contributed by atoms with E-state index >= 15 is 0 Å². The first-order valence-electron chi connectivity index (χ1n) is 7.12. The number of hydrogen-bond acceptors (Lipinski definition) is 3. The van der Waals surface area contributed by atoms with E-state index in [0.717, 1.165) is 18.4 Å². The number of alkyl carbamates (subject to hydrolysis) is 1. The molecule has 0 heterocycles. The topological polar surface area (TPSA) is 58.6 Å². The van der Waals surface area contributed by atoms with Crippen molar-refractivity contribution < 1.29 is 14.6 Å². The molecule has 0 saturated carbocycles. The van der Waals surface area contributed by atoms with Crippen molar-refractivity contribution in [3.05, 3.63) is 29.3 Å². The lowest BCUT2D eigenvalue weighted by Gasteiger charge is -2.19. The van der Waals surface area contributed by atoms with Gasteiger partial charge in [-0.25, -0.2) is 4.79 Å². The SMILES string of the molecule is CC(C)(C)OC(=O)NCC#CC1CCc2ccc(O)cc21. The average Bonchev–Trinajstić information content (AvgIpc) is 2.75. The Balaban J connectivity index is 1.88. The predicted octanol–water partition coefficient (Wildman–Crippen LogP) is 2.95. The zero-order valence-corrected chi connectivity index (χ0v) is 12.7. The van der Waals surface area contributed by atoms with Crippen molar-refractivity contribution in [2.24, 2.45) is 0 Å². The van der Waals surface area contributed by atoms with Crippen LogP contribution in [0.5, 0.6) is 5.75 Å². The molecule has 4 nitrogen and oxygen atoms in total. The molecule has 1 atom stereocenters. The highest BCUT2D eigenvalue weighted by Gasteiger charge is 2.21. The van der Waals surface area contributed by atoms with Crippen molar-refractivity contribution in [1.29, 1.82) is 0 Å². The van der Waals surface area contributed by atoms with Gasteiger partial charge in [0.1, 0.15) is 11.4 Å². The molecule has 112 valence electrons. The fourth-order valence-electron chi connectivity index (χ4n) is 2.34. The van der Waals surface area contributed by atoms with Crippen LogP contribution in [0.25, 0.3) is 0 Å². The molecule has 0 spiro atoms. The predicted molar refractivity (Wildman–Crippen MR) is 81.2 cm³/mol. The van der Waals surface area contributed by atoms with E-state index in [0.29, 0.717) is 0 Å². The second-order valence-electron chi connectivity index (χ2n) is 6.15. The second-order valence-corrected chi connectivity index (χ2v) is 6.15. The van der Waals surface area contributed by atoms with Gasteiger partial charge in [0.25, 0.3) is 0 Å². The van der Waals surface area contributed by atoms with Crippen LogP contribution in [0.4, 0.5) is 4.79 Å². The zero-order chi connectivity index (χ0) is 15.5. The van der Waals surface area contributed by atoms with E-state index in [4.69, 9.17) is 4.74 Å². The summed E-state index contributed by atoms with van der Waals surface area (Å²) in [4.78, 5) is 11.5. The summed E-state index contributed by atoms with van der Waals surface area (Å²) < 4.78 is 5.13. The summed E-state index contributed by atoms with van der Waals surface area (Å²) in [5.74, 6) is 6.52. The number of aryl methyl sites for hydroxylation is 1. The van der Waals surface area contributed by atoms with Crippen LogP contribution < -0.4 is 5.32 Å². The first-order chi connectivity index (χ1) is 9.85. The van der Waals surface area contributed by atoms with Gasteiger partial charge in [-0.3, -0.25) is 0 Å². The number of rotatable bonds is 1. The van der Waals surface area contributed by atoms with Gasteiger partial charge in [0.2, 0.25) is 0 Å². The molecule has 1 aliphatic carbocycles. The Morgan fingerprint density at radius 1 is 1.48 bits per heavy atom. The Kier molecular flexibility index (Phi) is 4.42. The number of phenols is 1. The molecule has 4 heteroatoms. The summed E-state index contributed by atoms with van der Waals surface area (Å²) in [5.41, 5.74) is 1.84. The molecule has 1 aromatic rings. The van der Waals surface area contributed by atoms with Crippen LogP contribution in [0.3, 0.4) is 0 Å². The third-order valence-electron chi connectivity index (χ3n) is 3.20. The molecule has 1 unspecified atom stereocenters. The van der Waals surface area contributed by atoms with Gasteiger partial charge in [-0.05, 0) is 56.9 Å². The number of hydrogen-bond donors (Lipinski definition) is 2. The van der Waals surface area contributed by atoms with E-state index < -0.39 is 11.7 Å². The lowest BCUT2D eigenvalue weighted by molar-refractivity contribution is 0.0535. The summed E-state index contributed by atoms with van der Waals surface area (Å²) in [7, 11) is 0. The molecule has 1 aliphatic rings. The highest BCUT2D eigenvalue weighted by atomic mass is 16.6. The monoisotopic (exact) mass is 287 g/mol. The number of benzene rings is 1. The Morgan fingerprint density at radius 3 is 2.95 bits per heavy atom. The smallest absolute Gasteiger partial charge is 0.408 e. The summed E-state index contributed by atoms with van der Waals surface area (Å²) in [6.45, 7) is 5.72. The van der Waals surface area contributed by atoms with E-state index in [2.05, 4.69) is 17.2 Å². The Bertz CT molecular complexity index is 590. The van der Waals surface area contributed by atoms with E-state index in [9.17, 15) is 9.90 Å². The lowest BCUT2D eigenvalue weighted by atomic mass is 10.0. The van der Waals surface area contributed by atoms with Gasteiger partial charge in [-0.15, -0.1) is 0 Å². The standard InChI is InChI=1S/C17H21NO3/c1-17(2,3)21-16(20)18-10-4-5-12-6-7-13-8-9-14(19)11-15(12)13/h8-9,11-12,19H,6-7,10H2,1-3H3,(H,18,20). The van der Waals surface area contributed by atoms with Gasteiger partial charge in [-0.2, -0.15) is 0 Å². The maximum absolute atomic E-state index is 11.5. The lowest BCUT2D eigenvalue weighted by Crippen LogP contribution is -2.32. The Hall–Kier alpha value is -2.15. The fourth-order valence-corrected chi connectivity index (χ4v) is 2.34. The van der Waals surface area contributed by atoms with Crippen molar-refractivity contribution in [2.45, 2.75) is 45.1 Å². The van der Waals surface area contributed by atoms with Crippen molar-refractivity contribution in [3.8, 4) is 17.6 Å².